The summed E-state index contributed by atoms with van der Waals surface area (Å²) in [5.41, 5.74) is 10.4. The first-order valence-electron chi connectivity index (χ1n) is 24.0. The SMILES string of the molecule is Fc1ccc(-n2ncc3cc4c(nc32)CCC[C@H]2C[C@]3(CC[C@@]42Cc2ccccn2)CO3)cc1.O=C1CC[C@@]2(Cc3ccccn3)c3cc4cnn(-c5ccc(F)cc5)c4nc3CCC[C@H]2C1. The van der Waals surface area contributed by atoms with E-state index in [1.165, 1.54) is 47.5 Å². The van der Waals surface area contributed by atoms with Crippen molar-refractivity contribution >= 4 is 27.9 Å². The summed E-state index contributed by atoms with van der Waals surface area (Å²) in [7, 11) is 0. The number of benzene rings is 2. The van der Waals surface area contributed by atoms with Crippen LogP contribution in [0.5, 0.6) is 0 Å². The zero-order valence-electron chi connectivity index (χ0n) is 37.5. The molecule has 0 radical (unpaired) electrons. The number of Topliss-reactive ketones (excluding diaryl/α,β-unsaturated/α-hetero) is 1. The lowest BCUT2D eigenvalue weighted by molar-refractivity contribution is -0.123. The Balaban J connectivity index is 0.000000140. The number of ketones is 1. The van der Waals surface area contributed by atoms with Crippen LogP contribution in [0.25, 0.3) is 33.4 Å². The van der Waals surface area contributed by atoms with E-state index in [0.29, 0.717) is 30.5 Å². The molecule has 6 aromatic heterocycles. The topological polar surface area (TPSA) is 117 Å². The van der Waals surface area contributed by atoms with Crippen LogP contribution in [0, 0.1) is 23.5 Å². The number of rotatable bonds is 6. The van der Waals surface area contributed by atoms with Gasteiger partial charge in [0.15, 0.2) is 11.3 Å². The third-order valence-corrected chi connectivity index (χ3v) is 15.9. The highest BCUT2D eigenvalue weighted by atomic mass is 19.1. The van der Waals surface area contributed by atoms with Crippen LogP contribution in [0.3, 0.4) is 0 Å². The first-order valence-corrected chi connectivity index (χ1v) is 24.0. The molecule has 10 nitrogen and oxygen atoms in total. The summed E-state index contributed by atoms with van der Waals surface area (Å²) in [4.78, 5) is 32.2. The molecule has 2 aromatic carbocycles. The minimum Gasteiger partial charge on any atom is -0.370 e. The molecule has 0 bridgehead atoms. The van der Waals surface area contributed by atoms with Gasteiger partial charge in [-0.05, 0) is 185 Å². The summed E-state index contributed by atoms with van der Waals surface area (Å²) >= 11 is 0. The van der Waals surface area contributed by atoms with Gasteiger partial charge in [0.05, 0.1) is 36.0 Å². The number of ether oxygens (including phenoxy) is 1. The number of halogens is 2. The van der Waals surface area contributed by atoms with Gasteiger partial charge in [0.25, 0.3) is 0 Å². The second kappa shape index (κ2) is 16.7. The summed E-state index contributed by atoms with van der Waals surface area (Å²) < 4.78 is 36.5. The number of aromatic nitrogens is 8. The molecule has 2 saturated carbocycles. The lowest BCUT2D eigenvalue weighted by Crippen LogP contribution is -2.45. The molecule has 1 saturated heterocycles. The molecule has 0 amide bonds. The minimum absolute atomic E-state index is 0.0105. The number of nitrogens with zero attached hydrogens (tertiary/aromatic N) is 8. The van der Waals surface area contributed by atoms with Gasteiger partial charge in [0, 0.05) is 69.6 Å². The van der Waals surface area contributed by atoms with E-state index in [9.17, 15) is 13.6 Å². The number of carbonyl (C=O) groups is 1. The van der Waals surface area contributed by atoms with Crippen molar-refractivity contribution in [3.8, 4) is 11.4 Å². The lowest BCUT2D eigenvalue weighted by atomic mass is 9.57. The normalized spacial score (nSPS) is 25.3. The maximum absolute atomic E-state index is 13.5. The maximum Gasteiger partial charge on any atom is 0.163 e. The van der Waals surface area contributed by atoms with Crippen LogP contribution >= 0.6 is 0 Å². The quantitative estimate of drug-likeness (QED) is 0.152. The Hall–Kier alpha value is -6.53. The van der Waals surface area contributed by atoms with E-state index in [4.69, 9.17) is 19.7 Å². The van der Waals surface area contributed by atoms with E-state index < -0.39 is 0 Å². The van der Waals surface area contributed by atoms with Crippen molar-refractivity contribution in [2.24, 2.45) is 11.8 Å². The molecule has 1 aliphatic heterocycles. The van der Waals surface area contributed by atoms with Gasteiger partial charge in [-0.25, -0.2) is 28.1 Å². The number of fused-ring (bicyclic) bond motifs is 8. The minimum atomic E-state index is -0.272. The number of hydrogen-bond donors (Lipinski definition) is 0. The molecule has 4 aliphatic carbocycles. The van der Waals surface area contributed by atoms with E-state index in [1.807, 2.05) is 47.7 Å². The van der Waals surface area contributed by atoms with Crippen LogP contribution in [0.2, 0.25) is 0 Å². The molecule has 1 spiro atoms. The molecule has 8 aromatic rings. The third kappa shape index (κ3) is 7.63. The molecular formula is C55H52F2N8O2. The highest BCUT2D eigenvalue weighted by molar-refractivity contribution is 5.82. The van der Waals surface area contributed by atoms with Crippen LogP contribution < -0.4 is 0 Å². The van der Waals surface area contributed by atoms with Gasteiger partial charge in [0.2, 0.25) is 0 Å². The molecule has 5 aliphatic rings. The van der Waals surface area contributed by atoms with Gasteiger partial charge in [-0.2, -0.15) is 10.2 Å². The molecule has 67 heavy (non-hydrogen) atoms. The van der Waals surface area contributed by atoms with Gasteiger partial charge in [0.1, 0.15) is 17.4 Å². The molecule has 5 atom stereocenters. The Labute approximate surface area is 387 Å². The van der Waals surface area contributed by atoms with Crippen molar-refractivity contribution in [1.29, 1.82) is 0 Å². The Morgan fingerprint density at radius 1 is 0.627 bits per heavy atom. The van der Waals surface area contributed by atoms with E-state index in [0.717, 1.165) is 128 Å². The summed E-state index contributed by atoms with van der Waals surface area (Å²) in [6.45, 7) is 0.914. The molecule has 7 heterocycles. The molecule has 3 fully saturated rings. The predicted molar refractivity (Wildman–Crippen MR) is 251 cm³/mol. The van der Waals surface area contributed by atoms with Crippen LogP contribution in [0.15, 0.2) is 122 Å². The maximum atomic E-state index is 13.5. The first kappa shape index (κ1) is 41.9. The van der Waals surface area contributed by atoms with Crippen LogP contribution in [0.4, 0.5) is 8.78 Å². The summed E-state index contributed by atoms with van der Waals surface area (Å²) in [6, 6.07) is 29.7. The van der Waals surface area contributed by atoms with Crippen molar-refractivity contribution in [2.75, 3.05) is 6.61 Å². The number of hydrogen-bond acceptors (Lipinski definition) is 8. The Kier molecular flexibility index (Phi) is 10.4. The number of pyridine rings is 4. The third-order valence-electron chi connectivity index (χ3n) is 15.9. The monoisotopic (exact) mass is 894 g/mol. The van der Waals surface area contributed by atoms with Crippen molar-refractivity contribution in [3.63, 3.8) is 0 Å². The van der Waals surface area contributed by atoms with E-state index in [-0.39, 0.29) is 28.1 Å². The smallest absolute Gasteiger partial charge is 0.163 e. The van der Waals surface area contributed by atoms with Crippen LogP contribution in [-0.2, 0) is 46.0 Å². The Morgan fingerprint density at radius 2 is 1.15 bits per heavy atom. The van der Waals surface area contributed by atoms with E-state index in [2.05, 4.69) is 45.5 Å². The molecule has 12 heteroatoms. The second-order valence-corrected chi connectivity index (χ2v) is 19.8. The van der Waals surface area contributed by atoms with Gasteiger partial charge >= 0.3 is 0 Å². The van der Waals surface area contributed by atoms with E-state index >= 15 is 0 Å². The van der Waals surface area contributed by atoms with Gasteiger partial charge < -0.3 is 4.74 Å². The van der Waals surface area contributed by atoms with Crippen LogP contribution in [0.1, 0.15) is 98.1 Å². The number of epoxide rings is 1. The van der Waals surface area contributed by atoms with Crippen molar-refractivity contribution < 1.29 is 18.3 Å². The molecular weight excluding hydrogens is 843 g/mol. The molecule has 0 unspecified atom stereocenters. The van der Waals surface area contributed by atoms with Crippen molar-refractivity contribution in [3.05, 3.63) is 167 Å². The zero-order valence-corrected chi connectivity index (χ0v) is 37.5. The highest BCUT2D eigenvalue weighted by Gasteiger charge is 2.57. The average Bonchev–Trinajstić information content (AvgIpc) is 3.88. The van der Waals surface area contributed by atoms with Crippen molar-refractivity contribution in [1.82, 2.24) is 39.5 Å². The lowest BCUT2D eigenvalue weighted by Gasteiger charge is -2.46. The van der Waals surface area contributed by atoms with Crippen molar-refractivity contribution in [2.45, 2.75) is 106 Å². The Morgan fingerprint density at radius 3 is 1.66 bits per heavy atom. The summed E-state index contributed by atoms with van der Waals surface area (Å²) in [6.07, 6.45) is 20.8. The van der Waals surface area contributed by atoms with Gasteiger partial charge in [-0.15, -0.1) is 0 Å². The zero-order chi connectivity index (χ0) is 45.2. The standard InChI is InChI=1S/C28H27FN4O.C27H25FN4O/c29-21-7-9-23(10-8-21)33-26-19(17-31-33)14-24-25(32-26)6-3-4-20-15-27(18-34-27)11-12-28(20,24)16-22-5-1-2-13-30-22;28-20-7-9-22(10-8-20)32-26-18(17-30-32)14-24-25(31-26)6-3-4-19-15-23(33)11-12-27(19,24)16-21-5-1-2-13-29-21/h1-2,5,7-10,13-14,17,20H,3-4,6,11-12,15-16,18H2;1-2,5,7-10,13-14,17,19H,3-4,6,11-12,15-16H2/t20-,27+,28-;19-,27-/m00/s1. The fourth-order valence-electron chi connectivity index (χ4n) is 12.5. The predicted octanol–water partition coefficient (Wildman–Crippen LogP) is 10.5. The Bertz CT molecular complexity index is 3120. The van der Waals surface area contributed by atoms with Gasteiger partial charge in [-0.3, -0.25) is 14.8 Å². The molecule has 338 valence electrons. The first-order chi connectivity index (χ1) is 32.8. The average molecular weight is 895 g/mol. The number of aryl methyl sites for hydroxylation is 2. The molecule has 0 N–H and O–H groups in total. The highest BCUT2D eigenvalue weighted by Crippen LogP contribution is 2.57. The second-order valence-electron chi connectivity index (χ2n) is 19.8. The largest absolute Gasteiger partial charge is 0.370 e. The van der Waals surface area contributed by atoms with Gasteiger partial charge in [-0.1, -0.05) is 12.1 Å². The summed E-state index contributed by atoms with van der Waals surface area (Å²) in [5, 5.41) is 11.2. The molecule has 13 rings (SSSR count). The fourth-order valence-corrected chi connectivity index (χ4v) is 12.5. The van der Waals surface area contributed by atoms with Crippen LogP contribution in [-0.4, -0.2) is 57.5 Å². The fraction of sp³-hybridized carbons (Fsp3) is 0.364. The summed E-state index contributed by atoms with van der Waals surface area (Å²) in [5.74, 6) is 0.704. The van der Waals surface area contributed by atoms with E-state index in [1.54, 1.807) is 28.9 Å². The number of carbonyl (C=O) groups excluding carboxylic acids is 1.